The van der Waals surface area contributed by atoms with Gasteiger partial charge in [0.25, 0.3) is 0 Å². The van der Waals surface area contributed by atoms with Crippen LogP contribution in [0.25, 0.3) is 0 Å². The Hall–Kier alpha value is -1.91. The van der Waals surface area contributed by atoms with Gasteiger partial charge in [-0.25, -0.2) is 0 Å². The third-order valence-corrected chi connectivity index (χ3v) is 7.51. The van der Waals surface area contributed by atoms with Crippen molar-refractivity contribution in [3.63, 3.8) is 0 Å². The summed E-state index contributed by atoms with van der Waals surface area (Å²) in [6.45, 7) is 14.0. The average Bonchev–Trinajstić information content (AvgIpc) is 3.38. The van der Waals surface area contributed by atoms with Crippen LogP contribution in [0.15, 0.2) is 12.1 Å². The molecule has 0 spiro atoms. The Labute approximate surface area is 235 Å². The fourth-order valence-electron chi connectivity index (χ4n) is 5.38. The Morgan fingerprint density at radius 2 is 1.51 bits per heavy atom. The van der Waals surface area contributed by atoms with Gasteiger partial charge in [-0.3, -0.25) is 4.79 Å². The second-order valence-electron chi connectivity index (χ2n) is 11.2. The van der Waals surface area contributed by atoms with Gasteiger partial charge >= 0.3 is 0 Å². The molecule has 0 aromatic heterocycles. The molecule has 6 N–H and O–H groups in total. The number of nitrogens with one attached hydrogen (secondary N) is 4. The number of ether oxygens (including phenoxy) is 3. The van der Waals surface area contributed by atoms with E-state index in [4.69, 9.17) is 19.9 Å². The third-order valence-electron chi connectivity index (χ3n) is 7.51. The van der Waals surface area contributed by atoms with Gasteiger partial charge < -0.3 is 41.2 Å². The zero-order valence-corrected chi connectivity index (χ0v) is 24.5. The van der Waals surface area contributed by atoms with Crippen LogP contribution in [0.3, 0.4) is 0 Å². The first-order chi connectivity index (χ1) is 19.0. The molecule has 0 saturated carbocycles. The quantitative estimate of drug-likeness (QED) is 0.158. The maximum Gasteiger partial charge on any atom is 0.231 e. The van der Waals surface area contributed by atoms with E-state index in [0.29, 0.717) is 18.9 Å². The Balaban J connectivity index is 1.34. The van der Waals surface area contributed by atoms with Crippen molar-refractivity contribution in [1.82, 2.24) is 21.3 Å². The Bertz CT molecular complexity index is 853. The number of fused-ring (bicyclic) bond motifs is 2. The molecule has 0 bridgehead atoms. The van der Waals surface area contributed by atoms with Crippen LogP contribution in [-0.4, -0.2) is 71.2 Å². The van der Waals surface area contributed by atoms with Crippen LogP contribution in [0.4, 0.5) is 0 Å². The largest absolute Gasteiger partial charge is 0.454 e. The highest BCUT2D eigenvalue weighted by molar-refractivity contribution is 5.76. The van der Waals surface area contributed by atoms with Gasteiger partial charge in [-0.05, 0) is 127 Å². The van der Waals surface area contributed by atoms with Crippen LogP contribution in [0.5, 0.6) is 11.5 Å². The Kier molecular flexibility index (Phi) is 14.4. The molecule has 3 unspecified atom stereocenters. The lowest BCUT2D eigenvalue weighted by atomic mass is 9.74. The van der Waals surface area contributed by atoms with Gasteiger partial charge in [-0.15, -0.1) is 0 Å². The minimum Gasteiger partial charge on any atom is -0.454 e. The number of carbonyl (C=O) groups is 1. The molecule has 1 amide bonds. The van der Waals surface area contributed by atoms with Crippen molar-refractivity contribution in [1.29, 1.82) is 0 Å². The first-order valence-corrected chi connectivity index (χ1v) is 15.2. The van der Waals surface area contributed by atoms with Crippen molar-refractivity contribution in [3.8, 4) is 11.5 Å². The van der Waals surface area contributed by atoms with Gasteiger partial charge in [0.1, 0.15) is 0 Å². The lowest BCUT2D eigenvalue weighted by Crippen LogP contribution is -2.39. The van der Waals surface area contributed by atoms with Crippen LogP contribution >= 0.6 is 0 Å². The molecule has 9 nitrogen and oxygen atoms in total. The monoisotopic (exact) mass is 547 g/mol. The summed E-state index contributed by atoms with van der Waals surface area (Å²) in [6.07, 6.45) is 6.97. The number of hydrogen-bond donors (Lipinski definition) is 5. The average molecular weight is 548 g/mol. The van der Waals surface area contributed by atoms with Gasteiger partial charge in [0.05, 0.1) is 18.8 Å². The number of carbonyl (C=O) groups excluding carboxylic acids is 1. The SMILES string of the molecule is CC(C)OCC1CC(C)c2cc3c(cc2C1NC(=O)CCCNCCCNCCCCNCCCN)OCO3. The molecule has 9 heteroatoms. The summed E-state index contributed by atoms with van der Waals surface area (Å²) in [4.78, 5) is 13.0. The molecule has 0 fully saturated rings. The summed E-state index contributed by atoms with van der Waals surface area (Å²) in [7, 11) is 0. The van der Waals surface area contributed by atoms with E-state index in [2.05, 4.69) is 54.2 Å². The number of hydrogen-bond acceptors (Lipinski definition) is 8. The molecular weight excluding hydrogens is 494 g/mol. The van der Waals surface area contributed by atoms with E-state index in [1.54, 1.807) is 0 Å². The van der Waals surface area contributed by atoms with E-state index in [9.17, 15) is 4.79 Å². The lowest BCUT2D eigenvalue weighted by molar-refractivity contribution is -0.122. The van der Waals surface area contributed by atoms with Crippen LogP contribution < -0.4 is 36.5 Å². The predicted octanol–water partition coefficient (Wildman–Crippen LogP) is 3.19. The summed E-state index contributed by atoms with van der Waals surface area (Å²) in [5.74, 6) is 2.24. The summed E-state index contributed by atoms with van der Waals surface area (Å²) in [5.41, 5.74) is 7.87. The number of rotatable bonds is 20. The number of nitrogens with two attached hydrogens (primary N) is 1. The second kappa shape index (κ2) is 17.7. The molecule has 1 aromatic carbocycles. The van der Waals surface area contributed by atoms with E-state index in [-0.39, 0.29) is 30.8 Å². The summed E-state index contributed by atoms with van der Waals surface area (Å²) >= 11 is 0. The molecule has 2 aliphatic rings. The fraction of sp³-hybridized carbons (Fsp3) is 0.767. The summed E-state index contributed by atoms with van der Waals surface area (Å²) < 4.78 is 17.3. The molecule has 3 atom stereocenters. The Morgan fingerprint density at radius 1 is 0.923 bits per heavy atom. The number of unbranched alkanes of at least 4 members (excludes halogenated alkanes) is 1. The summed E-state index contributed by atoms with van der Waals surface area (Å²) in [6, 6.07) is 4.08. The van der Waals surface area contributed by atoms with Gasteiger partial charge in [-0.1, -0.05) is 6.92 Å². The predicted molar refractivity (Wildman–Crippen MR) is 156 cm³/mol. The van der Waals surface area contributed by atoms with Crippen LogP contribution in [0, 0.1) is 5.92 Å². The zero-order valence-electron chi connectivity index (χ0n) is 24.5. The van der Waals surface area contributed by atoms with Crippen molar-refractivity contribution in [2.24, 2.45) is 11.7 Å². The van der Waals surface area contributed by atoms with E-state index < -0.39 is 0 Å². The first kappa shape index (κ1) is 31.6. The van der Waals surface area contributed by atoms with E-state index in [1.807, 2.05) is 0 Å². The minimum atomic E-state index is -0.0855. The third kappa shape index (κ3) is 10.9. The van der Waals surface area contributed by atoms with E-state index in [0.717, 1.165) is 88.6 Å². The molecule has 1 aromatic rings. The van der Waals surface area contributed by atoms with Gasteiger partial charge in [-0.2, -0.15) is 0 Å². The van der Waals surface area contributed by atoms with Crippen LogP contribution in [-0.2, 0) is 9.53 Å². The molecule has 1 aliphatic heterocycles. The molecule has 1 heterocycles. The molecule has 39 heavy (non-hydrogen) atoms. The van der Waals surface area contributed by atoms with Crippen molar-refractivity contribution >= 4 is 5.91 Å². The number of amides is 1. The maximum atomic E-state index is 13.0. The molecule has 0 saturated heterocycles. The zero-order chi connectivity index (χ0) is 27.9. The van der Waals surface area contributed by atoms with Crippen LogP contribution in [0.1, 0.15) is 88.8 Å². The standard InChI is InChI=1S/C30H53N5O4/c1-22(2)37-20-24-17-23(3)25-18-27-28(39-21-38-27)19-26(25)30(24)35-29(36)9-6-13-34-16-8-15-33-12-5-4-11-32-14-7-10-31/h18-19,22-24,30,32-34H,4-17,20-21,31H2,1-3H3,(H,35,36). The molecule has 0 radical (unpaired) electrons. The van der Waals surface area contributed by atoms with Crippen molar-refractivity contribution in [2.45, 2.75) is 83.8 Å². The highest BCUT2D eigenvalue weighted by Gasteiger charge is 2.36. The first-order valence-electron chi connectivity index (χ1n) is 15.2. The highest BCUT2D eigenvalue weighted by atomic mass is 16.7. The molecule has 1 aliphatic carbocycles. The second-order valence-corrected chi connectivity index (χ2v) is 11.2. The normalized spacial score (nSPS) is 19.9. The highest BCUT2D eigenvalue weighted by Crippen LogP contribution is 2.47. The van der Waals surface area contributed by atoms with Gasteiger partial charge in [0, 0.05) is 12.3 Å². The molecule has 3 rings (SSSR count). The van der Waals surface area contributed by atoms with Gasteiger partial charge in [0.15, 0.2) is 11.5 Å². The maximum absolute atomic E-state index is 13.0. The summed E-state index contributed by atoms with van der Waals surface area (Å²) in [5, 5.41) is 13.7. The van der Waals surface area contributed by atoms with Gasteiger partial charge in [0.2, 0.25) is 12.7 Å². The fourth-order valence-corrected chi connectivity index (χ4v) is 5.38. The van der Waals surface area contributed by atoms with Crippen molar-refractivity contribution in [2.75, 3.05) is 59.2 Å². The Morgan fingerprint density at radius 3 is 2.15 bits per heavy atom. The van der Waals surface area contributed by atoms with Crippen LogP contribution in [0.2, 0.25) is 0 Å². The van der Waals surface area contributed by atoms with Crippen molar-refractivity contribution < 1.29 is 19.0 Å². The van der Waals surface area contributed by atoms with Crippen molar-refractivity contribution in [3.05, 3.63) is 23.3 Å². The van der Waals surface area contributed by atoms with E-state index >= 15 is 0 Å². The lowest BCUT2D eigenvalue weighted by Gasteiger charge is -2.37. The van der Waals surface area contributed by atoms with E-state index in [1.165, 1.54) is 18.4 Å². The topological polar surface area (TPSA) is 119 Å². The molecule has 222 valence electrons. The minimum absolute atomic E-state index is 0.0855. The molecular formula is C30H53N5O4. The number of benzene rings is 1. The smallest absolute Gasteiger partial charge is 0.231 e.